The number of piperazine rings is 1. The molecule has 128 valence electrons. The molecule has 0 saturated carbocycles. The predicted octanol–water partition coefficient (Wildman–Crippen LogP) is 1.73. The van der Waals surface area contributed by atoms with Crippen molar-refractivity contribution in [2.75, 3.05) is 31.1 Å². The molecule has 2 aliphatic heterocycles. The molecule has 1 aromatic carbocycles. The number of benzene rings is 1. The van der Waals surface area contributed by atoms with E-state index in [1.807, 2.05) is 34.1 Å². The van der Waals surface area contributed by atoms with Crippen molar-refractivity contribution in [2.45, 2.75) is 31.7 Å². The molecule has 0 aliphatic carbocycles. The monoisotopic (exact) mass is 327 g/mol. The largest absolute Gasteiger partial charge is 0.340 e. The zero-order chi connectivity index (χ0) is 16.9. The van der Waals surface area contributed by atoms with E-state index in [-0.39, 0.29) is 18.2 Å². The fourth-order valence-electron chi connectivity index (χ4n) is 3.48. The SMILES string of the molecule is C=CCCCN1CCNC(CC(=O)N2CCc3ccccc32)C1=O. The highest BCUT2D eigenvalue weighted by atomic mass is 16.2. The van der Waals surface area contributed by atoms with Gasteiger partial charge in [0.15, 0.2) is 0 Å². The van der Waals surface area contributed by atoms with E-state index in [1.165, 1.54) is 5.56 Å². The van der Waals surface area contributed by atoms with Gasteiger partial charge in [0, 0.05) is 31.9 Å². The minimum absolute atomic E-state index is 0.0266. The van der Waals surface area contributed by atoms with Crippen LogP contribution in [0.4, 0.5) is 5.69 Å². The highest BCUT2D eigenvalue weighted by Gasteiger charge is 2.32. The molecule has 2 heterocycles. The van der Waals surface area contributed by atoms with Gasteiger partial charge in [-0.2, -0.15) is 0 Å². The molecule has 0 bridgehead atoms. The van der Waals surface area contributed by atoms with Gasteiger partial charge in [-0.3, -0.25) is 9.59 Å². The topological polar surface area (TPSA) is 52.7 Å². The number of nitrogens with one attached hydrogen (secondary N) is 1. The van der Waals surface area contributed by atoms with E-state index in [0.29, 0.717) is 13.1 Å². The normalized spacial score (nSPS) is 20.2. The molecule has 2 amide bonds. The lowest BCUT2D eigenvalue weighted by Crippen LogP contribution is -2.56. The van der Waals surface area contributed by atoms with Crippen LogP contribution < -0.4 is 10.2 Å². The smallest absolute Gasteiger partial charge is 0.240 e. The summed E-state index contributed by atoms with van der Waals surface area (Å²) in [5, 5.41) is 3.21. The fraction of sp³-hybridized carbons (Fsp3) is 0.474. The van der Waals surface area contributed by atoms with Crippen LogP contribution in [0.5, 0.6) is 0 Å². The van der Waals surface area contributed by atoms with Crippen LogP contribution in [0.3, 0.4) is 0 Å². The summed E-state index contributed by atoms with van der Waals surface area (Å²) in [4.78, 5) is 29.0. The second kappa shape index (κ2) is 7.62. The fourth-order valence-corrected chi connectivity index (χ4v) is 3.48. The third-order valence-corrected chi connectivity index (χ3v) is 4.79. The van der Waals surface area contributed by atoms with E-state index in [1.54, 1.807) is 0 Å². The number of nitrogens with zero attached hydrogens (tertiary/aromatic N) is 2. The van der Waals surface area contributed by atoms with Gasteiger partial charge in [0.1, 0.15) is 0 Å². The van der Waals surface area contributed by atoms with E-state index < -0.39 is 6.04 Å². The minimum Gasteiger partial charge on any atom is -0.340 e. The Morgan fingerprint density at radius 1 is 1.33 bits per heavy atom. The van der Waals surface area contributed by atoms with Crippen molar-refractivity contribution in [3.8, 4) is 0 Å². The summed E-state index contributed by atoms with van der Waals surface area (Å²) in [5.41, 5.74) is 2.20. The highest BCUT2D eigenvalue weighted by molar-refractivity contribution is 5.98. The molecule has 0 spiro atoms. The van der Waals surface area contributed by atoms with E-state index in [0.717, 1.165) is 38.0 Å². The van der Waals surface area contributed by atoms with Crippen molar-refractivity contribution in [3.63, 3.8) is 0 Å². The molecule has 5 heteroatoms. The molecular formula is C19H25N3O2. The van der Waals surface area contributed by atoms with Crippen molar-refractivity contribution in [2.24, 2.45) is 0 Å². The maximum atomic E-state index is 12.7. The molecule has 24 heavy (non-hydrogen) atoms. The Labute approximate surface area is 143 Å². The zero-order valence-electron chi connectivity index (χ0n) is 14.0. The number of hydrogen-bond donors (Lipinski definition) is 1. The van der Waals surface area contributed by atoms with E-state index >= 15 is 0 Å². The Morgan fingerprint density at radius 3 is 3.00 bits per heavy atom. The van der Waals surface area contributed by atoms with E-state index in [2.05, 4.69) is 18.0 Å². The summed E-state index contributed by atoms with van der Waals surface area (Å²) in [6, 6.07) is 7.60. The lowest BCUT2D eigenvalue weighted by Gasteiger charge is -2.33. The molecule has 0 aromatic heterocycles. The number of para-hydroxylation sites is 1. The van der Waals surface area contributed by atoms with Crippen molar-refractivity contribution in [3.05, 3.63) is 42.5 Å². The molecule has 5 nitrogen and oxygen atoms in total. The van der Waals surface area contributed by atoms with Gasteiger partial charge < -0.3 is 15.1 Å². The number of carbonyl (C=O) groups is 2. The summed E-state index contributed by atoms with van der Waals surface area (Å²) in [6.07, 6.45) is 4.83. The molecule has 1 aromatic rings. The van der Waals surface area contributed by atoms with Crippen molar-refractivity contribution >= 4 is 17.5 Å². The van der Waals surface area contributed by atoms with E-state index in [4.69, 9.17) is 0 Å². The Balaban J connectivity index is 1.60. The average molecular weight is 327 g/mol. The lowest BCUT2D eigenvalue weighted by molar-refractivity contribution is -0.137. The quantitative estimate of drug-likeness (QED) is 0.639. The predicted molar refractivity (Wildman–Crippen MR) is 94.9 cm³/mol. The number of rotatable bonds is 6. The summed E-state index contributed by atoms with van der Waals surface area (Å²) >= 11 is 0. The first kappa shape index (κ1) is 16.7. The first-order valence-corrected chi connectivity index (χ1v) is 8.72. The second-order valence-electron chi connectivity index (χ2n) is 6.39. The van der Waals surface area contributed by atoms with Crippen LogP contribution in [0.2, 0.25) is 0 Å². The Hall–Kier alpha value is -2.14. The molecular weight excluding hydrogens is 302 g/mol. The van der Waals surface area contributed by atoms with Gasteiger partial charge in [0.05, 0.1) is 12.5 Å². The van der Waals surface area contributed by atoms with Crippen LogP contribution >= 0.6 is 0 Å². The van der Waals surface area contributed by atoms with Gasteiger partial charge in [0.25, 0.3) is 0 Å². The molecule has 1 N–H and O–H groups in total. The highest BCUT2D eigenvalue weighted by Crippen LogP contribution is 2.28. The molecule has 1 atom stereocenters. The number of amides is 2. The number of unbranched alkanes of at least 4 members (excludes halogenated alkanes) is 1. The van der Waals surface area contributed by atoms with Crippen LogP contribution in [-0.2, 0) is 16.0 Å². The third kappa shape index (κ3) is 3.51. The number of allylic oxidation sites excluding steroid dienone is 1. The zero-order valence-corrected chi connectivity index (χ0v) is 14.0. The summed E-state index contributed by atoms with van der Waals surface area (Å²) in [6.45, 7) is 6.62. The number of fused-ring (bicyclic) bond motifs is 1. The Bertz CT molecular complexity index is 629. The van der Waals surface area contributed by atoms with Crippen molar-refractivity contribution in [1.82, 2.24) is 10.2 Å². The van der Waals surface area contributed by atoms with Gasteiger partial charge in [-0.05, 0) is 30.9 Å². The van der Waals surface area contributed by atoms with Crippen LogP contribution in [0, 0.1) is 0 Å². The van der Waals surface area contributed by atoms with Crippen LogP contribution in [0.1, 0.15) is 24.8 Å². The van der Waals surface area contributed by atoms with Gasteiger partial charge in [-0.15, -0.1) is 6.58 Å². The standard InChI is InChI=1S/C19H25N3O2/c1-2-3-6-11-21-13-10-20-16(19(21)24)14-18(23)22-12-9-15-7-4-5-8-17(15)22/h2,4-5,7-8,16,20H,1,3,6,9-14H2. The van der Waals surface area contributed by atoms with Crippen molar-refractivity contribution < 1.29 is 9.59 Å². The molecule has 1 saturated heterocycles. The van der Waals surface area contributed by atoms with E-state index in [9.17, 15) is 9.59 Å². The Morgan fingerprint density at radius 2 is 2.17 bits per heavy atom. The average Bonchev–Trinajstić information content (AvgIpc) is 3.02. The van der Waals surface area contributed by atoms with Gasteiger partial charge >= 0.3 is 0 Å². The number of anilines is 1. The summed E-state index contributed by atoms with van der Waals surface area (Å²) in [5.74, 6) is 0.0740. The van der Waals surface area contributed by atoms with Crippen LogP contribution in [-0.4, -0.2) is 48.9 Å². The van der Waals surface area contributed by atoms with Crippen LogP contribution in [0.25, 0.3) is 0 Å². The van der Waals surface area contributed by atoms with Gasteiger partial charge in [0.2, 0.25) is 11.8 Å². The van der Waals surface area contributed by atoms with Crippen molar-refractivity contribution in [1.29, 1.82) is 0 Å². The van der Waals surface area contributed by atoms with Gasteiger partial charge in [-0.25, -0.2) is 0 Å². The first-order chi connectivity index (χ1) is 11.7. The van der Waals surface area contributed by atoms with Gasteiger partial charge in [-0.1, -0.05) is 24.3 Å². The molecule has 2 aliphatic rings. The maximum Gasteiger partial charge on any atom is 0.240 e. The molecule has 0 radical (unpaired) electrons. The van der Waals surface area contributed by atoms with Crippen LogP contribution in [0.15, 0.2) is 36.9 Å². The second-order valence-corrected chi connectivity index (χ2v) is 6.39. The first-order valence-electron chi connectivity index (χ1n) is 8.72. The molecule has 1 fully saturated rings. The number of carbonyl (C=O) groups excluding carboxylic acids is 2. The Kier molecular flexibility index (Phi) is 5.30. The lowest BCUT2D eigenvalue weighted by atomic mass is 10.1. The molecule has 1 unspecified atom stereocenters. The molecule has 3 rings (SSSR count). The maximum absolute atomic E-state index is 12.7. The summed E-state index contributed by atoms with van der Waals surface area (Å²) in [7, 11) is 0. The summed E-state index contributed by atoms with van der Waals surface area (Å²) < 4.78 is 0. The minimum atomic E-state index is -0.400. The third-order valence-electron chi connectivity index (χ3n) is 4.79. The number of hydrogen-bond acceptors (Lipinski definition) is 3.